The van der Waals surface area contributed by atoms with Gasteiger partial charge in [-0.05, 0) is 36.4 Å². The van der Waals surface area contributed by atoms with E-state index in [9.17, 15) is 9.59 Å². The minimum atomic E-state index is -0.537. The summed E-state index contributed by atoms with van der Waals surface area (Å²) in [5.74, 6) is 0.658. The van der Waals surface area contributed by atoms with E-state index in [2.05, 4.69) is 9.88 Å². The number of esters is 1. The lowest BCUT2D eigenvalue weighted by Crippen LogP contribution is -2.49. The number of morpholine rings is 1. The lowest BCUT2D eigenvalue weighted by atomic mass is 10.2. The monoisotopic (exact) mass is 440 g/mol. The molecule has 2 saturated heterocycles. The maximum absolute atomic E-state index is 12.7. The van der Waals surface area contributed by atoms with Crippen LogP contribution in [0.5, 0.6) is 5.75 Å². The Kier molecular flexibility index (Phi) is 7.06. The van der Waals surface area contributed by atoms with Crippen molar-refractivity contribution in [3.63, 3.8) is 0 Å². The first-order valence-corrected chi connectivity index (χ1v) is 10.8. The Balaban J connectivity index is 1.28. The maximum atomic E-state index is 12.7. The Bertz CT molecular complexity index is 922. The zero-order valence-corrected chi connectivity index (χ0v) is 18.2. The number of methoxy groups -OCH3 is 1. The second kappa shape index (κ2) is 10.3. The number of pyridine rings is 1. The zero-order chi connectivity index (χ0) is 22.3. The predicted octanol–water partition coefficient (Wildman–Crippen LogP) is 1.43. The molecule has 9 heteroatoms. The molecule has 32 heavy (non-hydrogen) atoms. The average molecular weight is 441 g/mol. The van der Waals surface area contributed by atoms with Crippen LogP contribution >= 0.6 is 0 Å². The lowest BCUT2D eigenvalue weighted by molar-refractivity contribution is -0.134. The standard InChI is InChI=1S/C23H28N4O5/c1-30-19-6-4-18(5-7-19)25-9-11-26(12-10-25)21(28)17-32-23(29)20-3-2-8-24-22(20)27-13-15-31-16-14-27/h2-8H,9-17H2,1H3. The van der Waals surface area contributed by atoms with Gasteiger partial charge in [0.2, 0.25) is 0 Å². The summed E-state index contributed by atoms with van der Waals surface area (Å²) in [4.78, 5) is 35.6. The summed E-state index contributed by atoms with van der Waals surface area (Å²) in [7, 11) is 1.64. The molecule has 1 aromatic carbocycles. The molecule has 0 bridgehead atoms. The van der Waals surface area contributed by atoms with Crippen LogP contribution in [0.15, 0.2) is 42.6 Å². The quantitative estimate of drug-likeness (QED) is 0.624. The molecule has 0 N–H and O–H groups in total. The molecule has 0 radical (unpaired) electrons. The van der Waals surface area contributed by atoms with Crippen LogP contribution in [0, 0.1) is 0 Å². The summed E-state index contributed by atoms with van der Waals surface area (Å²) in [5.41, 5.74) is 1.46. The van der Waals surface area contributed by atoms with Crippen LogP contribution in [0.3, 0.4) is 0 Å². The Labute approximate surface area is 187 Å². The topological polar surface area (TPSA) is 84.4 Å². The number of amides is 1. The van der Waals surface area contributed by atoms with Gasteiger partial charge >= 0.3 is 5.97 Å². The summed E-state index contributed by atoms with van der Waals surface area (Å²) in [6.45, 7) is 4.81. The molecule has 2 aromatic rings. The Morgan fingerprint density at radius 2 is 1.69 bits per heavy atom. The number of carbonyl (C=O) groups is 2. The van der Waals surface area contributed by atoms with Gasteiger partial charge in [0.15, 0.2) is 6.61 Å². The third kappa shape index (κ3) is 5.11. The van der Waals surface area contributed by atoms with E-state index in [1.54, 1.807) is 30.3 Å². The van der Waals surface area contributed by atoms with Crippen LogP contribution in [0.1, 0.15) is 10.4 Å². The molecular weight excluding hydrogens is 412 g/mol. The van der Waals surface area contributed by atoms with Crippen molar-refractivity contribution < 1.29 is 23.8 Å². The maximum Gasteiger partial charge on any atom is 0.342 e. The minimum absolute atomic E-state index is 0.190. The van der Waals surface area contributed by atoms with E-state index in [1.807, 2.05) is 29.2 Å². The number of piperazine rings is 1. The first-order chi connectivity index (χ1) is 15.7. The van der Waals surface area contributed by atoms with Crippen molar-refractivity contribution in [2.75, 3.05) is 76.0 Å². The van der Waals surface area contributed by atoms with Crippen molar-refractivity contribution in [3.05, 3.63) is 48.2 Å². The predicted molar refractivity (Wildman–Crippen MR) is 119 cm³/mol. The van der Waals surface area contributed by atoms with Crippen LogP contribution in [-0.2, 0) is 14.3 Å². The molecule has 0 aliphatic carbocycles. The lowest BCUT2D eigenvalue weighted by Gasteiger charge is -2.36. The van der Waals surface area contributed by atoms with Crippen molar-refractivity contribution in [3.8, 4) is 5.75 Å². The smallest absolute Gasteiger partial charge is 0.342 e. The van der Waals surface area contributed by atoms with E-state index < -0.39 is 5.97 Å². The van der Waals surface area contributed by atoms with Crippen LogP contribution < -0.4 is 14.5 Å². The zero-order valence-electron chi connectivity index (χ0n) is 18.2. The van der Waals surface area contributed by atoms with E-state index in [-0.39, 0.29) is 12.5 Å². The van der Waals surface area contributed by atoms with Crippen LogP contribution in [0.2, 0.25) is 0 Å². The molecule has 4 rings (SSSR count). The van der Waals surface area contributed by atoms with Crippen molar-refractivity contribution in [2.45, 2.75) is 0 Å². The van der Waals surface area contributed by atoms with Gasteiger partial charge < -0.3 is 28.9 Å². The number of carbonyl (C=O) groups excluding carboxylic acids is 2. The summed E-state index contributed by atoms with van der Waals surface area (Å²) in [5, 5.41) is 0. The van der Waals surface area contributed by atoms with Gasteiger partial charge in [-0.25, -0.2) is 9.78 Å². The van der Waals surface area contributed by atoms with E-state index in [4.69, 9.17) is 14.2 Å². The van der Waals surface area contributed by atoms with Gasteiger partial charge in [0, 0.05) is 51.2 Å². The number of aromatic nitrogens is 1. The summed E-state index contributed by atoms with van der Waals surface area (Å²) in [6.07, 6.45) is 1.65. The number of benzene rings is 1. The third-order valence-electron chi connectivity index (χ3n) is 5.71. The Hall–Kier alpha value is -3.33. The molecule has 2 aliphatic heterocycles. The number of ether oxygens (including phenoxy) is 3. The minimum Gasteiger partial charge on any atom is -0.497 e. The highest BCUT2D eigenvalue weighted by molar-refractivity contribution is 5.96. The summed E-state index contributed by atoms with van der Waals surface area (Å²) >= 11 is 0. The van der Waals surface area contributed by atoms with Gasteiger partial charge in [-0.3, -0.25) is 4.79 Å². The van der Waals surface area contributed by atoms with Crippen molar-refractivity contribution >= 4 is 23.4 Å². The van der Waals surface area contributed by atoms with Crippen molar-refractivity contribution in [1.29, 1.82) is 0 Å². The van der Waals surface area contributed by atoms with Gasteiger partial charge in [0.05, 0.1) is 20.3 Å². The van der Waals surface area contributed by atoms with Gasteiger partial charge in [0.25, 0.3) is 5.91 Å². The summed E-state index contributed by atoms with van der Waals surface area (Å²) in [6, 6.07) is 11.3. The number of hydrogen-bond acceptors (Lipinski definition) is 8. The van der Waals surface area contributed by atoms with E-state index in [1.165, 1.54) is 0 Å². The van der Waals surface area contributed by atoms with E-state index in [0.717, 1.165) is 24.5 Å². The molecule has 0 spiro atoms. The Morgan fingerprint density at radius 1 is 0.969 bits per heavy atom. The highest BCUT2D eigenvalue weighted by atomic mass is 16.5. The van der Waals surface area contributed by atoms with E-state index >= 15 is 0 Å². The fourth-order valence-corrected chi connectivity index (χ4v) is 3.89. The van der Waals surface area contributed by atoms with Crippen LogP contribution in [0.4, 0.5) is 11.5 Å². The fourth-order valence-electron chi connectivity index (χ4n) is 3.89. The Morgan fingerprint density at radius 3 is 2.38 bits per heavy atom. The fraction of sp³-hybridized carbons (Fsp3) is 0.435. The van der Waals surface area contributed by atoms with Crippen LogP contribution in [-0.4, -0.2) is 88.0 Å². The molecule has 2 fully saturated rings. The molecule has 0 unspecified atom stereocenters. The van der Waals surface area contributed by atoms with Gasteiger partial charge in [0.1, 0.15) is 17.1 Å². The third-order valence-corrected chi connectivity index (χ3v) is 5.71. The molecule has 9 nitrogen and oxygen atoms in total. The highest BCUT2D eigenvalue weighted by Gasteiger charge is 2.24. The van der Waals surface area contributed by atoms with E-state index in [0.29, 0.717) is 50.8 Å². The van der Waals surface area contributed by atoms with Gasteiger partial charge in [-0.1, -0.05) is 0 Å². The molecule has 170 valence electrons. The summed E-state index contributed by atoms with van der Waals surface area (Å²) < 4.78 is 15.9. The van der Waals surface area contributed by atoms with Crippen LogP contribution in [0.25, 0.3) is 0 Å². The number of hydrogen-bond donors (Lipinski definition) is 0. The second-order valence-electron chi connectivity index (χ2n) is 7.62. The largest absolute Gasteiger partial charge is 0.497 e. The average Bonchev–Trinajstić information content (AvgIpc) is 2.87. The SMILES string of the molecule is COc1ccc(N2CCN(C(=O)COC(=O)c3cccnc3N3CCOCC3)CC2)cc1. The highest BCUT2D eigenvalue weighted by Crippen LogP contribution is 2.21. The van der Waals surface area contributed by atoms with Gasteiger partial charge in [-0.2, -0.15) is 0 Å². The number of rotatable bonds is 6. The van der Waals surface area contributed by atoms with Gasteiger partial charge in [-0.15, -0.1) is 0 Å². The second-order valence-corrected chi connectivity index (χ2v) is 7.62. The first kappa shape index (κ1) is 21.9. The molecule has 3 heterocycles. The molecule has 1 aromatic heterocycles. The first-order valence-electron chi connectivity index (χ1n) is 10.8. The normalized spacial score (nSPS) is 16.6. The number of nitrogens with zero attached hydrogens (tertiary/aromatic N) is 4. The molecule has 2 aliphatic rings. The molecule has 0 saturated carbocycles. The molecular formula is C23H28N4O5. The van der Waals surface area contributed by atoms with Crippen molar-refractivity contribution in [2.24, 2.45) is 0 Å². The number of anilines is 2. The molecule has 1 amide bonds. The molecule has 0 atom stereocenters. The van der Waals surface area contributed by atoms with Crippen molar-refractivity contribution in [1.82, 2.24) is 9.88 Å².